The molecule has 3 rings (SSSR count). The van der Waals surface area contributed by atoms with E-state index in [1.807, 2.05) is 0 Å². The summed E-state index contributed by atoms with van der Waals surface area (Å²) in [7, 11) is 0. The van der Waals surface area contributed by atoms with E-state index in [-0.39, 0.29) is 6.04 Å². The number of thiophene rings is 1. The first kappa shape index (κ1) is 10.9. The highest BCUT2D eigenvalue weighted by atomic mass is 32.1. The summed E-state index contributed by atoms with van der Waals surface area (Å²) < 4.78 is 2.26. The van der Waals surface area contributed by atoms with Crippen LogP contribution < -0.4 is 5.32 Å². The SMILES string of the molecule is CC(NCc1cccs1)c1nnc2n1CCC2. The summed E-state index contributed by atoms with van der Waals surface area (Å²) in [4.78, 5) is 1.36. The van der Waals surface area contributed by atoms with E-state index in [2.05, 4.69) is 44.5 Å². The monoisotopic (exact) mass is 248 g/mol. The molecular formula is C12H16N4S. The van der Waals surface area contributed by atoms with Gasteiger partial charge in [-0.2, -0.15) is 0 Å². The average Bonchev–Trinajstić information content (AvgIpc) is 3.02. The molecule has 1 unspecified atom stereocenters. The molecule has 4 nitrogen and oxygen atoms in total. The zero-order valence-corrected chi connectivity index (χ0v) is 10.7. The Labute approximate surface area is 105 Å². The minimum atomic E-state index is 0.261. The summed E-state index contributed by atoms with van der Waals surface area (Å²) in [6, 6.07) is 4.50. The molecule has 1 aliphatic rings. The van der Waals surface area contributed by atoms with Gasteiger partial charge in [-0.05, 0) is 24.8 Å². The summed E-state index contributed by atoms with van der Waals surface area (Å²) in [6.45, 7) is 4.13. The molecule has 1 atom stereocenters. The van der Waals surface area contributed by atoms with Gasteiger partial charge in [0.25, 0.3) is 0 Å². The van der Waals surface area contributed by atoms with Crippen LogP contribution in [-0.4, -0.2) is 14.8 Å². The molecular weight excluding hydrogens is 232 g/mol. The number of aromatic nitrogens is 3. The Morgan fingerprint density at radius 1 is 1.53 bits per heavy atom. The van der Waals surface area contributed by atoms with Crippen LogP contribution in [0.25, 0.3) is 0 Å². The van der Waals surface area contributed by atoms with Gasteiger partial charge in [0.05, 0.1) is 6.04 Å². The fourth-order valence-corrected chi connectivity index (χ4v) is 2.91. The van der Waals surface area contributed by atoms with E-state index >= 15 is 0 Å². The van der Waals surface area contributed by atoms with Gasteiger partial charge in [0.2, 0.25) is 0 Å². The topological polar surface area (TPSA) is 42.7 Å². The number of rotatable bonds is 4. The van der Waals surface area contributed by atoms with Gasteiger partial charge in [-0.3, -0.25) is 0 Å². The minimum Gasteiger partial charge on any atom is -0.314 e. The molecule has 90 valence electrons. The second-order valence-electron chi connectivity index (χ2n) is 4.41. The summed E-state index contributed by atoms with van der Waals surface area (Å²) in [5.41, 5.74) is 0. The van der Waals surface area contributed by atoms with E-state index in [9.17, 15) is 0 Å². The highest BCUT2D eigenvalue weighted by molar-refractivity contribution is 7.09. The summed E-state index contributed by atoms with van der Waals surface area (Å²) >= 11 is 1.78. The molecule has 0 saturated carbocycles. The predicted octanol–water partition coefficient (Wildman–Crippen LogP) is 2.14. The molecule has 0 radical (unpaired) electrons. The molecule has 0 fully saturated rings. The van der Waals surface area contributed by atoms with Crippen LogP contribution in [0.15, 0.2) is 17.5 Å². The Morgan fingerprint density at radius 3 is 3.29 bits per heavy atom. The van der Waals surface area contributed by atoms with Gasteiger partial charge in [0.1, 0.15) is 11.6 Å². The van der Waals surface area contributed by atoms with Crippen molar-refractivity contribution in [3.63, 3.8) is 0 Å². The summed E-state index contributed by atoms with van der Waals surface area (Å²) in [6.07, 6.45) is 2.28. The van der Waals surface area contributed by atoms with E-state index < -0.39 is 0 Å². The van der Waals surface area contributed by atoms with Crippen molar-refractivity contribution in [3.05, 3.63) is 34.0 Å². The molecule has 17 heavy (non-hydrogen) atoms. The lowest BCUT2D eigenvalue weighted by molar-refractivity contribution is 0.518. The Morgan fingerprint density at radius 2 is 2.47 bits per heavy atom. The van der Waals surface area contributed by atoms with Crippen molar-refractivity contribution >= 4 is 11.3 Å². The largest absolute Gasteiger partial charge is 0.314 e. The van der Waals surface area contributed by atoms with Gasteiger partial charge in [-0.15, -0.1) is 21.5 Å². The molecule has 0 amide bonds. The molecule has 2 aromatic rings. The number of nitrogens with one attached hydrogen (secondary N) is 1. The first-order valence-corrected chi connectivity index (χ1v) is 6.90. The van der Waals surface area contributed by atoms with Crippen molar-refractivity contribution in [2.24, 2.45) is 0 Å². The predicted molar refractivity (Wildman–Crippen MR) is 67.9 cm³/mol. The average molecular weight is 248 g/mol. The Kier molecular flexibility index (Phi) is 2.94. The smallest absolute Gasteiger partial charge is 0.149 e. The minimum absolute atomic E-state index is 0.261. The standard InChI is InChI=1S/C12H16N4S/c1-9(13-8-10-4-3-7-17-10)12-15-14-11-5-2-6-16(11)12/h3-4,7,9,13H,2,5-6,8H2,1H3. The normalized spacial score (nSPS) is 16.1. The number of hydrogen-bond acceptors (Lipinski definition) is 4. The van der Waals surface area contributed by atoms with Crippen molar-refractivity contribution in [3.8, 4) is 0 Å². The van der Waals surface area contributed by atoms with E-state index in [1.54, 1.807) is 11.3 Å². The Hall–Kier alpha value is -1.20. The molecule has 0 aliphatic carbocycles. The molecule has 3 heterocycles. The van der Waals surface area contributed by atoms with Crippen LogP contribution in [0.3, 0.4) is 0 Å². The van der Waals surface area contributed by atoms with Gasteiger partial charge < -0.3 is 9.88 Å². The van der Waals surface area contributed by atoms with Crippen molar-refractivity contribution in [2.45, 2.75) is 38.9 Å². The van der Waals surface area contributed by atoms with E-state index in [0.29, 0.717) is 0 Å². The van der Waals surface area contributed by atoms with Crippen molar-refractivity contribution in [1.82, 2.24) is 20.1 Å². The maximum absolute atomic E-state index is 4.29. The van der Waals surface area contributed by atoms with Crippen LogP contribution in [0.1, 0.15) is 35.9 Å². The maximum atomic E-state index is 4.29. The number of nitrogens with zero attached hydrogens (tertiary/aromatic N) is 3. The summed E-state index contributed by atoms with van der Waals surface area (Å²) in [5.74, 6) is 2.22. The van der Waals surface area contributed by atoms with Crippen molar-refractivity contribution < 1.29 is 0 Å². The summed E-state index contributed by atoms with van der Waals surface area (Å²) in [5, 5.41) is 14.1. The molecule has 5 heteroatoms. The van der Waals surface area contributed by atoms with Gasteiger partial charge in [-0.1, -0.05) is 6.07 Å². The first-order valence-electron chi connectivity index (χ1n) is 6.02. The van der Waals surface area contributed by atoms with Crippen molar-refractivity contribution in [2.75, 3.05) is 0 Å². The lowest BCUT2D eigenvalue weighted by Gasteiger charge is -2.12. The highest BCUT2D eigenvalue weighted by Crippen LogP contribution is 2.19. The lowest BCUT2D eigenvalue weighted by Crippen LogP contribution is -2.21. The second kappa shape index (κ2) is 4.58. The van der Waals surface area contributed by atoms with Gasteiger partial charge >= 0.3 is 0 Å². The van der Waals surface area contributed by atoms with Gasteiger partial charge in [0.15, 0.2) is 0 Å². The zero-order chi connectivity index (χ0) is 11.7. The van der Waals surface area contributed by atoms with Crippen LogP contribution in [0, 0.1) is 0 Å². The van der Waals surface area contributed by atoms with Gasteiger partial charge in [0, 0.05) is 24.4 Å². The molecule has 0 bridgehead atoms. The second-order valence-corrected chi connectivity index (χ2v) is 5.44. The Bertz CT molecular complexity index is 489. The van der Waals surface area contributed by atoms with Crippen LogP contribution in [0.5, 0.6) is 0 Å². The lowest BCUT2D eigenvalue weighted by atomic mass is 10.3. The molecule has 0 saturated heterocycles. The molecule has 0 spiro atoms. The third kappa shape index (κ3) is 2.12. The first-order chi connectivity index (χ1) is 8.34. The quantitative estimate of drug-likeness (QED) is 0.901. The van der Waals surface area contributed by atoms with E-state index in [0.717, 1.165) is 31.2 Å². The van der Waals surface area contributed by atoms with E-state index in [4.69, 9.17) is 0 Å². The fourth-order valence-electron chi connectivity index (χ4n) is 2.25. The van der Waals surface area contributed by atoms with Crippen LogP contribution in [0.2, 0.25) is 0 Å². The zero-order valence-electron chi connectivity index (χ0n) is 9.89. The van der Waals surface area contributed by atoms with Gasteiger partial charge in [-0.25, -0.2) is 0 Å². The third-order valence-corrected chi connectivity index (χ3v) is 4.06. The molecule has 0 aromatic carbocycles. The van der Waals surface area contributed by atoms with Crippen LogP contribution >= 0.6 is 11.3 Å². The van der Waals surface area contributed by atoms with Crippen LogP contribution in [-0.2, 0) is 19.5 Å². The highest BCUT2D eigenvalue weighted by Gasteiger charge is 2.20. The molecule has 2 aromatic heterocycles. The fraction of sp³-hybridized carbons (Fsp3) is 0.500. The maximum Gasteiger partial charge on any atom is 0.149 e. The van der Waals surface area contributed by atoms with Crippen LogP contribution in [0.4, 0.5) is 0 Å². The number of aryl methyl sites for hydroxylation is 1. The Balaban J connectivity index is 1.67. The van der Waals surface area contributed by atoms with E-state index in [1.165, 1.54) is 11.3 Å². The van der Waals surface area contributed by atoms with Crippen molar-refractivity contribution in [1.29, 1.82) is 0 Å². The number of fused-ring (bicyclic) bond motifs is 1. The molecule has 1 N–H and O–H groups in total. The molecule has 1 aliphatic heterocycles. The number of hydrogen-bond donors (Lipinski definition) is 1. The third-order valence-electron chi connectivity index (χ3n) is 3.19.